The van der Waals surface area contributed by atoms with Crippen molar-refractivity contribution in [2.24, 2.45) is 17.8 Å². The minimum absolute atomic E-state index is 0.0155. The van der Waals surface area contributed by atoms with Crippen molar-refractivity contribution in [1.29, 1.82) is 0 Å². The van der Waals surface area contributed by atoms with Crippen molar-refractivity contribution in [2.75, 3.05) is 13.1 Å². The number of amides is 1. The number of fused-ring (bicyclic) bond motifs is 3. The lowest BCUT2D eigenvalue weighted by Gasteiger charge is -2.41. The van der Waals surface area contributed by atoms with E-state index in [1.54, 1.807) is 18.2 Å². The number of carboxylic acid groups (broad SMARTS) is 1. The Hall–Kier alpha value is -2.97. The van der Waals surface area contributed by atoms with Crippen molar-refractivity contribution in [3.63, 3.8) is 0 Å². The number of aliphatic carboxylic acids is 1. The molecular weight excluding hydrogens is 517 g/mol. The maximum absolute atomic E-state index is 14.8. The van der Waals surface area contributed by atoms with Crippen molar-refractivity contribution in [3.8, 4) is 0 Å². The molecule has 0 bridgehead atoms. The zero-order valence-electron chi connectivity index (χ0n) is 21.7. The molecule has 39 heavy (non-hydrogen) atoms. The fraction of sp³-hybridized carbons (Fsp3) is 0.533. The van der Waals surface area contributed by atoms with Crippen molar-refractivity contribution in [1.82, 2.24) is 4.90 Å². The van der Waals surface area contributed by atoms with E-state index in [1.807, 2.05) is 4.90 Å². The van der Waals surface area contributed by atoms with E-state index in [0.717, 1.165) is 11.1 Å². The van der Waals surface area contributed by atoms with Gasteiger partial charge in [-0.05, 0) is 92.2 Å². The van der Waals surface area contributed by atoms with Crippen LogP contribution in [0.2, 0.25) is 0 Å². The molecule has 1 aliphatic heterocycles. The van der Waals surface area contributed by atoms with Crippen LogP contribution in [0.25, 0.3) is 0 Å². The summed E-state index contributed by atoms with van der Waals surface area (Å²) in [7, 11) is 0. The number of hydrogen-bond acceptors (Lipinski definition) is 2. The summed E-state index contributed by atoms with van der Waals surface area (Å²) >= 11 is 0. The average molecular weight is 550 g/mol. The molecule has 2 aromatic carbocycles. The minimum atomic E-state index is -5.06. The van der Waals surface area contributed by atoms with Crippen LogP contribution in [-0.4, -0.2) is 41.1 Å². The predicted octanol–water partition coefficient (Wildman–Crippen LogP) is 6.35. The molecule has 9 heteroatoms. The highest BCUT2D eigenvalue weighted by atomic mass is 19.4. The molecule has 0 aromatic heterocycles. The topological polar surface area (TPSA) is 57.6 Å². The number of benzene rings is 2. The number of aryl methyl sites for hydroxylation is 1. The summed E-state index contributed by atoms with van der Waals surface area (Å²) < 4.78 is 68.9. The third-order valence-electron chi connectivity index (χ3n) is 9.34. The summed E-state index contributed by atoms with van der Waals surface area (Å²) in [5.74, 6) is -1.89. The summed E-state index contributed by atoms with van der Waals surface area (Å²) in [5.41, 5.74) is -2.23. The Bertz CT molecular complexity index is 1250. The Morgan fingerprint density at radius 1 is 0.974 bits per heavy atom. The Kier molecular flexibility index (Phi) is 7.00. The number of alkyl halides is 4. The molecule has 2 aromatic rings. The summed E-state index contributed by atoms with van der Waals surface area (Å²) in [6.07, 6.45) is -1.57. The molecule has 2 fully saturated rings. The molecule has 210 valence electrons. The molecule has 0 spiro atoms. The Morgan fingerprint density at radius 3 is 2.23 bits per heavy atom. The van der Waals surface area contributed by atoms with Gasteiger partial charge in [-0.1, -0.05) is 30.3 Å². The molecule has 1 amide bonds. The van der Waals surface area contributed by atoms with Gasteiger partial charge in [0.2, 0.25) is 11.6 Å². The van der Waals surface area contributed by atoms with Crippen LogP contribution in [0.4, 0.5) is 22.0 Å². The van der Waals surface area contributed by atoms with Crippen LogP contribution < -0.4 is 0 Å². The smallest absolute Gasteiger partial charge is 0.426 e. The van der Waals surface area contributed by atoms with E-state index in [2.05, 4.69) is 0 Å². The van der Waals surface area contributed by atoms with Gasteiger partial charge in [0.05, 0.1) is 5.92 Å². The van der Waals surface area contributed by atoms with E-state index in [0.29, 0.717) is 70.5 Å². The van der Waals surface area contributed by atoms with Crippen LogP contribution in [0.15, 0.2) is 42.5 Å². The standard InChI is InChI=1S/C30H32F5NO3/c1-28(32,30(33,34)35)22-10-13-25-21(14-22)8-9-23-16-36(26(37)19-4-6-20(7-5-19)27(38)39)17-29(23,25)15-18-2-11-24(31)12-3-18/h2-3,10-14,19-20,23H,4-9,15-17H2,1H3,(H,38,39)/t19-,20-,23?,28?,29?. The van der Waals surface area contributed by atoms with Gasteiger partial charge < -0.3 is 10.0 Å². The minimum Gasteiger partial charge on any atom is -0.481 e. The quantitative estimate of drug-likeness (QED) is 0.443. The number of carbonyl (C=O) groups excluding carboxylic acids is 1. The number of rotatable bonds is 5. The molecule has 1 heterocycles. The Morgan fingerprint density at radius 2 is 1.62 bits per heavy atom. The number of hydrogen-bond donors (Lipinski definition) is 1. The van der Waals surface area contributed by atoms with E-state index in [1.165, 1.54) is 24.3 Å². The number of nitrogens with zero attached hydrogens (tertiary/aromatic N) is 1. The zero-order valence-corrected chi connectivity index (χ0v) is 21.7. The van der Waals surface area contributed by atoms with Gasteiger partial charge in [-0.2, -0.15) is 13.2 Å². The highest BCUT2D eigenvalue weighted by molar-refractivity contribution is 5.80. The van der Waals surface area contributed by atoms with Crippen LogP contribution in [0.5, 0.6) is 0 Å². The third kappa shape index (κ3) is 4.93. The molecule has 4 nitrogen and oxygen atoms in total. The van der Waals surface area contributed by atoms with Crippen molar-refractivity contribution < 1.29 is 36.6 Å². The van der Waals surface area contributed by atoms with Gasteiger partial charge in [0.1, 0.15) is 5.82 Å². The summed E-state index contributed by atoms with van der Waals surface area (Å²) in [4.78, 5) is 26.8. The van der Waals surface area contributed by atoms with E-state index < -0.39 is 34.7 Å². The first kappa shape index (κ1) is 27.6. The molecule has 2 aliphatic carbocycles. The highest BCUT2D eigenvalue weighted by Gasteiger charge is 2.55. The number of likely N-dealkylation sites (tertiary alicyclic amines) is 1. The molecule has 3 aliphatic rings. The van der Waals surface area contributed by atoms with E-state index >= 15 is 0 Å². The van der Waals surface area contributed by atoms with Gasteiger partial charge in [0.15, 0.2) is 0 Å². The maximum Gasteiger partial charge on any atom is 0.426 e. The lowest BCUT2D eigenvalue weighted by atomic mass is 9.62. The summed E-state index contributed by atoms with van der Waals surface area (Å²) in [5, 5.41) is 9.31. The first-order valence-corrected chi connectivity index (χ1v) is 13.5. The lowest BCUT2D eigenvalue weighted by Crippen LogP contribution is -2.43. The predicted molar refractivity (Wildman–Crippen MR) is 134 cm³/mol. The van der Waals surface area contributed by atoms with E-state index in [-0.39, 0.29) is 23.6 Å². The molecule has 3 atom stereocenters. The van der Waals surface area contributed by atoms with Gasteiger partial charge in [-0.15, -0.1) is 0 Å². The van der Waals surface area contributed by atoms with Gasteiger partial charge in [0.25, 0.3) is 0 Å². The SMILES string of the molecule is CC(F)(c1ccc2c(c1)CCC1CN(C(=O)[C@H]3CC[C@H](C(=O)O)CC3)CC21Cc1ccc(F)cc1)C(F)(F)F. The zero-order chi connectivity index (χ0) is 28.2. The molecule has 1 saturated heterocycles. The first-order chi connectivity index (χ1) is 18.3. The molecular formula is C30H32F5NO3. The lowest BCUT2D eigenvalue weighted by molar-refractivity contribution is -0.228. The highest BCUT2D eigenvalue weighted by Crippen LogP contribution is 2.51. The monoisotopic (exact) mass is 549 g/mol. The van der Waals surface area contributed by atoms with Crippen molar-refractivity contribution >= 4 is 11.9 Å². The molecule has 5 rings (SSSR count). The van der Waals surface area contributed by atoms with Crippen molar-refractivity contribution in [2.45, 2.75) is 69.1 Å². The number of carbonyl (C=O) groups is 2. The van der Waals surface area contributed by atoms with Crippen LogP contribution in [-0.2, 0) is 33.5 Å². The van der Waals surface area contributed by atoms with E-state index in [9.17, 15) is 36.6 Å². The fourth-order valence-corrected chi connectivity index (χ4v) is 6.99. The van der Waals surface area contributed by atoms with Crippen molar-refractivity contribution in [3.05, 3.63) is 70.5 Å². The normalized spacial score (nSPS) is 28.4. The van der Waals surface area contributed by atoms with Crippen LogP contribution in [0, 0.1) is 23.6 Å². The Balaban J connectivity index is 1.48. The van der Waals surface area contributed by atoms with E-state index in [4.69, 9.17) is 0 Å². The van der Waals surface area contributed by atoms with Crippen LogP contribution in [0.1, 0.15) is 61.3 Å². The number of halogens is 5. The van der Waals surface area contributed by atoms with Gasteiger partial charge in [0, 0.05) is 24.4 Å². The largest absolute Gasteiger partial charge is 0.481 e. The molecule has 0 radical (unpaired) electrons. The summed E-state index contributed by atoms with van der Waals surface area (Å²) in [6, 6.07) is 10.2. The van der Waals surface area contributed by atoms with Gasteiger partial charge >= 0.3 is 12.1 Å². The van der Waals surface area contributed by atoms with Gasteiger partial charge in [-0.25, -0.2) is 8.78 Å². The summed E-state index contributed by atoms with van der Waals surface area (Å²) in [6.45, 7) is 1.37. The Labute approximate surface area is 224 Å². The fourth-order valence-electron chi connectivity index (χ4n) is 6.99. The second-order valence-electron chi connectivity index (χ2n) is 11.7. The molecule has 1 saturated carbocycles. The first-order valence-electron chi connectivity index (χ1n) is 13.5. The molecule has 1 N–H and O–H groups in total. The third-order valence-corrected chi connectivity index (χ3v) is 9.34. The number of carboxylic acids is 1. The average Bonchev–Trinajstić information content (AvgIpc) is 3.28. The van der Waals surface area contributed by atoms with Crippen LogP contribution in [0.3, 0.4) is 0 Å². The second-order valence-corrected chi connectivity index (χ2v) is 11.7. The van der Waals surface area contributed by atoms with Gasteiger partial charge in [-0.3, -0.25) is 9.59 Å². The van der Waals surface area contributed by atoms with Crippen LogP contribution >= 0.6 is 0 Å². The second kappa shape index (κ2) is 9.89. The molecule has 3 unspecified atom stereocenters. The maximum atomic E-state index is 14.8.